The van der Waals surface area contributed by atoms with Gasteiger partial charge in [-0.1, -0.05) is 23.8 Å². The van der Waals surface area contributed by atoms with Crippen LogP contribution in [0.3, 0.4) is 0 Å². The van der Waals surface area contributed by atoms with Gasteiger partial charge < -0.3 is 10.1 Å². The van der Waals surface area contributed by atoms with Crippen molar-refractivity contribution >= 4 is 23.6 Å². The minimum Gasteiger partial charge on any atom is -0.497 e. The summed E-state index contributed by atoms with van der Waals surface area (Å²) < 4.78 is 5.04. The zero-order valence-electron chi connectivity index (χ0n) is 9.29. The van der Waals surface area contributed by atoms with Crippen molar-refractivity contribution in [1.29, 1.82) is 0 Å². The Balaban J connectivity index is 2.63. The number of ether oxygens (including phenoxy) is 1. The summed E-state index contributed by atoms with van der Waals surface area (Å²) in [5.74, 6) is 0.675. The zero-order chi connectivity index (χ0) is 12.0. The molecule has 0 bridgehead atoms. The molecule has 0 fully saturated rings. The summed E-state index contributed by atoms with van der Waals surface area (Å²) in [5.41, 5.74) is 0.896. The van der Waals surface area contributed by atoms with Crippen LogP contribution in [0, 0.1) is 0 Å². The number of amides is 1. The fourth-order valence-electron chi connectivity index (χ4n) is 1.16. The molecule has 0 radical (unpaired) electrons. The number of hydrogen-bond acceptors (Lipinski definition) is 2. The molecule has 0 aliphatic carbocycles. The first-order valence-electron chi connectivity index (χ1n) is 4.88. The molecular formula is C12H14ClNO2. The molecule has 0 saturated heterocycles. The highest BCUT2D eigenvalue weighted by atomic mass is 35.5. The lowest BCUT2D eigenvalue weighted by Gasteiger charge is -2.02. The van der Waals surface area contributed by atoms with Gasteiger partial charge in [0.2, 0.25) is 5.91 Å². The number of benzene rings is 1. The van der Waals surface area contributed by atoms with Crippen LogP contribution in [-0.4, -0.2) is 19.6 Å². The van der Waals surface area contributed by atoms with E-state index in [0.717, 1.165) is 11.3 Å². The molecule has 0 unspecified atom stereocenters. The van der Waals surface area contributed by atoms with E-state index in [1.165, 1.54) is 6.92 Å². The van der Waals surface area contributed by atoms with Gasteiger partial charge in [0.25, 0.3) is 0 Å². The van der Waals surface area contributed by atoms with Crippen LogP contribution < -0.4 is 10.1 Å². The third kappa shape index (κ3) is 3.95. The second-order valence-electron chi connectivity index (χ2n) is 3.23. The number of carbonyl (C=O) groups is 1. The first kappa shape index (κ1) is 12.6. The maximum absolute atomic E-state index is 10.6. The van der Waals surface area contributed by atoms with Gasteiger partial charge in [0.05, 0.1) is 12.1 Å². The molecule has 0 atom stereocenters. The Morgan fingerprint density at radius 2 is 2.31 bits per heavy atom. The van der Waals surface area contributed by atoms with Gasteiger partial charge in [0.1, 0.15) is 5.75 Å². The van der Waals surface area contributed by atoms with E-state index in [4.69, 9.17) is 16.3 Å². The van der Waals surface area contributed by atoms with Gasteiger partial charge in [-0.15, -0.1) is 0 Å². The Morgan fingerprint density at radius 3 is 2.88 bits per heavy atom. The molecule has 4 heteroatoms. The van der Waals surface area contributed by atoms with Gasteiger partial charge in [-0.2, -0.15) is 0 Å². The lowest BCUT2D eigenvalue weighted by molar-refractivity contribution is -0.118. The van der Waals surface area contributed by atoms with E-state index in [9.17, 15) is 4.79 Å². The molecule has 1 N–H and O–H groups in total. The van der Waals surface area contributed by atoms with Crippen LogP contribution in [-0.2, 0) is 4.79 Å². The summed E-state index contributed by atoms with van der Waals surface area (Å²) in [4.78, 5) is 10.6. The highest BCUT2D eigenvalue weighted by Crippen LogP contribution is 2.23. The Bertz CT molecular complexity index is 402. The third-order valence-electron chi connectivity index (χ3n) is 1.97. The highest BCUT2D eigenvalue weighted by molar-refractivity contribution is 6.32. The van der Waals surface area contributed by atoms with Crippen molar-refractivity contribution in [2.45, 2.75) is 6.92 Å². The molecular weight excluding hydrogens is 226 g/mol. The van der Waals surface area contributed by atoms with E-state index in [0.29, 0.717) is 11.6 Å². The fraction of sp³-hybridized carbons (Fsp3) is 0.250. The van der Waals surface area contributed by atoms with Crippen molar-refractivity contribution in [3.63, 3.8) is 0 Å². The van der Waals surface area contributed by atoms with Crippen molar-refractivity contribution in [2.75, 3.05) is 13.7 Å². The van der Waals surface area contributed by atoms with Crippen LogP contribution in [0.5, 0.6) is 5.75 Å². The second kappa shape index (κ2) is 6.18. The zero-order valence-corrected chi connectivity index (χ0v) is 10.0. The maximum Gasteiger partial charge on any atom is 0.217 e. The van der Waals surface area contributed by atoms with E-state index in [-0.39, 0.29) is 5.91 Å². The van der Waals surface area contributed by atoms with Crippen LogP contribution in [0.25, 0.3) is 6.08 Å². The van der Waals surface area contributed by atoms with Crippen LogP contribution in [0.15, 0.2) is 24.3 Å². The molecule has 0 aliphatic heterocycles. The van der Waals surface area contributed by atoms with Crippen LogP contribution >= 0.6 is 11.6 Å². The Kier molecular flexibility index (Phi) is 4.86. The average Bonchev–Trinajstić information content (AvgIpc) is 2.25. The van der Waals surface area contributed by atoms with Gasteiger partial charge >= 0.3 is 0 Å². The molecule has 3 nitrogen and oxygen atoms in total. The molecule has 16 heavy (non-hydrogen) atoms. The normalized spacial score (nSPS) is 10.4. The average molecular weight is 240 g/mol. The monoisotopic (exact) mass is 239 g/mol. The Labute approximate surface area is 100 Å². The summed E-state index contributed by atoms with van der Waals surface area (Å²) in [6, 6.07) is 5.45. The van der Waals surface area contributed by atoms with Gasteiger partial charge in [0.15, 0.2) is 0 Å². The van der Waals surface area contributed by atoms with Gasteiger partial charge in [-0.05, 0) is 23.8 Å². The van der Waals surface area contributed by atoms with Gasteiger partial charge in [0, 0.05) is 13.5 Å². The van der Waals surface area contributed by atoms with Gasteiger partial charge in [-0.3, -0.25) is 4.79 Å². The highest BCUT2D eigenvalue weighted by Gasteiger charge is 1.98. The molecule has 1 amide bonds. The Morgan fingerprint density at radius 1 is 1.56 bits per heavy atom. The van der Waals surface area contributed by atoms with E-state index >= 15 is 0 Å². The predicted octanol–water partition coefficient (Wildman–Crippen LogP) is 2.50. The fourth-order valence-corrected chi connectivity index (χ4v) is 1.39. The first-order valence-corrected chi connectivity index (χ1v) is 5.26. The van der Waals surface area contributed by atoms with E-state index in [1.807, 2.05) is 24.3 Å². The van der Waals surface area contributed by atoms with E-state index in [2.05, 4.69) is 5.32 Å². The number of carbonyl (C=O) groups excluding carboxylic acids is 1. The molecule has 1 aromatic carbocycles. The maximum atomic E-state index is 10.6. The number of halogens is 1. The third-order valence-corrected chi connectivity index (χ3v) is 2.30. The molecule has 1 rings (SSSR count). The van der Waals surface area contributed by atoms with Crippen molar-refractivity contribution < 1.29 is 9.53 Å². The lowest BCUT2D eigenvalue weighted by atomic mass is 10.2. The summed E-state index contributed by atoms with van der Waals surface area (Å²) in [5, 5.41) is 3.29. The quantitative estimate of drug-likeness (QED) is 0.877. The van der Waals surface area contributed by atoms with Crippen molar-refractivity contribution in [2.24, 2.45) is 0 Å². The lowest BCUT2D eigenvalue weighted by Crippen LogP contribution is -2.19. The minimum atomic E-state index is -0.0505. The van der Waals surface area contributed by atoms with E-state index < -0.39 is 0 Å². The summed E-state index contributed by atoms with van der Waals surface area (Å²) >= 11 is 6.03. The molecule has 0 saturated carbocycles. The van der Waals surface area contributed by atoms with Crippen molar-refractivity contribution in [3.05, 3.63) is 34.9 Å². The smallest absolute Gasteiger partial charge is 0.217 e. The molecule has 0 aliphatic rings. The van der Waals surface area contributed by atoms with Crippen LogP contribution in [0.4, 0.5) is 0 Å². The molecule has 0 heterocycles. The van der Waals surface area contributed by atoms with E-state index in [1.54, 1.807) is 13.2 Å². The number of hydrogen-bond donors (Lipinski definition) is 1. The summed E-state index contributed by atoms with van der Waals surface area (Å²) in [6.45, 7) is 1.98. The van der Waals surface area contributed by atoms with Crippen molar-refractivity contribution in [3.8, 4) is 5.75 Å². The molecule has 1 aromatic rings. The topological polar surface area (TPSA) is 38.3 Å². The summed E-state index contributed by atoms with van der Waals surface area (Å²) in [7, 11) is 1.60. The largest absolute Gasteiger partial charge is 0.497 e. The predicted molar refractivity (Wildman–Crippen MR) is 65.7 cm³/mol. The first-order chi connectivity index (χ1) is 7.63. The SMILES string of the molecule is COc1ccc(C=CCNC(C)=O)c(Cl)c1. The number of rotatable bonds is 4. The molecule has 0 aromatic heterocycles. The second-order valence-corrected chi connectivity index (χ2v) is 3.63. The minimum absolute atomic E-state index is 0.0505. The summed E-state index contributed by atoms with van der Waals surface area (Å²) in [6.07, 6.45) is 3.70. The van der Waals surface area contributed by atoms with Crippen LogP contribution in [0.1, 0.15) is 12.5 Å². The molecule has 86 valence electrons. The Hall–Kier alpha value is -1.48. The van der Waals surface area contributed by atoms with Gasteiger partial charge in [-0.25, -0.2) is 0 Å². The van der Waals surface area contributed by atoms with Crippen molar-refractivity contribution in [1.82, 2.24) is 5.32 Å². The van der Waals surface area contributed by atoms with Crippen LogP contribution in [0.2, 0.25) is 5.02 Å². The molecule has 0 spiro atoms. The number of nitrogens with one attached hydrogen (secondary N) is 1. The standard InChI is InChI=1S/C12H14ClNO2/c1-9(15)14-7-3-4-10-5-6-11(16-2)8-12(10)13/h3-6,8H,7H2,1-2H3,(H,14,15). The number of methoxy groups -OCH3 is 1.